The first-order valence-corrected chi connectivity index (χ1v) is 8.08. The van der Waals surface area contributed by atoms with Crippen molar-refractivity contribution in [1.29, 1.82) is 0 Å². The fourth-order valence-electron chi connectivity index (χ4n) is 3.02. The summed E-state index contributed by atoms with van der Waals surface area (Å²) in [6.07, 6.45) is 1.93. The van der Waals surface area contributed by atoms with Gasteiger partial charge in [-0.05, 0) is 28.8 Å². The number of rotatable bonds is 3. The topological polar surface area (TPSA) is 35.8 Å². The van der Waals surface area contributed by atoms with Crippen molar-refractivity contribution in [2.75, 3.05) is 13.1 Å². The minimum atomic E-state index is 0.402. The Kier molecular flexibility index (Phi) is 4.03. The summed E-state index contributed by atoms with van der Waals surface area (Å²) < 4.78 is 1.36. The number of hydrogen-bond donors (Lipinski definition) is 1. The second kappa shape index (κ2) is 5.94. The first-order chi connectivity index (χ1) is 9.81. The normalized spacial score (nSPS) is 22.6. The molecule has 0 amide bonds. The van der Waals surface area contributed by atoms with E-state index < -0.39 is 0 Å². The highest BCUT2D eigenvalue weighted by molar-refractivity contribution is 7.17. The lowest BCUT2D eigenvalue weighted by Crippen LogP contribution is -2.40. The molecule has 1 atom stereocenters. The van der Waals surface area contributed by atoms with Gasteiger partial charge in [0.2, 0.25) is 0 Å². The molecule has 1 unspecified atom stereocenters. The number of hydrogen-bond acceptors (Lipinski definition) is 4. The largest absolute Gasteiger partial charge is 0.411 e. The number of oxime groups is 1. The fourth-order valence-corrected chi connectivity index (χ4v) is 3.98. The van der Waals surface area contributed by atoms with Gasteiger partial charge in [-0.25, -0.2) is 0 Å². The zero-order chi connectivity index (χ0) is 13.9. The standard InChI is InChI=1S/C16H20N2OS/c1-2-12-9-18(8-7-15(12)17-19)10-13-11-20-16-6-4-3-5-14(13)16/h3-6,11-12,19H,2,7-10H2,1H3/b17-15+. The average Bonchev–Trinajstić information content (AvgIpc) is 2.90. The number of piperidine rings is 1. The average molecular weight is 288 g/mol. The Morgan fingerprint density at radius 3 is 3.05 bits per heavy atom. The molecular formula is C16H20N2OS. The molecule has 0 aliphatic carbocycles. The molecule has 1 aromatic carbocycles. The monoisotopic (exact) mass is 288 g/mol. The van der Waals surface area contributed by atoms with Crippen LogP contribution in [0.15, 0.2) is 34.8 Å². The van der Waals surface area contributed by atoms with Crippen LogP contribution in [-0.4, -0.2) is 28.9 Å². The molecule has 106 valence electrons. The van der Waals surface area contributed by atoms with Crippen LogP contribution in [0.25, 0.3) is 10.1 Å². The molecule has 3 nitrogen and oxygen atoms in total. The highest BCUT2D eigenvalue weighted by atomic mass is 32.1. The SMILES string of the molecule is CCC1CN(Cc2csc3ccccc23)CC/C1=N\O. The highest BCUT2D eigenvalue weighted by Crippen LogP contribution is 2.28. The lowest BCUT2D eigenvalue weighted by atomic mass is 9.93. The minimum absolute atomic E-state index is 0.402. The summed E-state index contributed by atoms with van der Waals surface area (Å²) in [7, 11) is 0. The Morgan fingerprint density at radius 1 is 1.40 bits per heavy atom. The van der Waals surface area contributed by atoms with E-state index in [9.17, 15) is 0 Å². The van der Waals surface area contributed by atoms with Gasteiger partial charge in [0.05, 0.1) is 5.71 Å². The van der Waals surface area contributed by atoms with Crippen molar-refractivity contribution in [3.63, 3.8) is 0 Å². The lowest BCUT2D eigenvalue weighted by molar-refractivity contribution is 0.221. The maximum atomic E-state index is 9.05. The van der Waals surface area contributed by atoms with Gasteiger partial charge in [-0.15, -0.1) is 11.3 Å². The van der Waals surface area contributed by atoms with Gasteiger partial charge in [0.1, 0.15) is 0 Å². The summed E-state index contributed by atoms with van der Waals surface area (Å²) in [6.45, 7) is 5.15. The van der Waals surface area contributed by atoms with Crippen LogP contribution in [0.4, 0.5) is 0 Å². The zero-order valence-electron chi connectivity index (χ0n) is 11.7. The van der Waals surface area contributed by atoms with E-state index in [4.69, 9.17) is 5.21 Å². The quantitative estimate of drug-likeness (QED) is 0.685. The summed E-state index contributed by atoms with van der Waals surface area (Å²) in [6, 6.07) is 8.61. The number of benzene rings is 1. The van der Waals surface area contributed by atoms with Crippen LogP contribution in [0.2, 0.25) is 0 Å². The molecule has 1 saturated heterocycles. The van der Waals surface area contributed by atoms with Gasteiger partial charge < -0.3 is 5.21 Å². The van der Waals surface area contributed by atoms with Crippen molar-refractivity contribution < 1.29 is 5.21 Å². The Labute approximate surface area is 123 Å². The van der Waals surface area contributed by atoms with E-state index >= 15 is 0 Å². The van der Waals surface area contributed by atoms with Crippen LogP contribution in [0.3, 0.4) is 0 Å². The molecule has 2 heterocycles. The molecule has 0 saturated carbocycles. The van der Waals surface area contributed by atoms with E-state index in [0.717, 1.165) is 38.2 Å². The summed E-state index contributed by atoms with van der Waals surface area (Å²) in [5.74, 6) is 0.402. The first-order valence-electron chi connectivity index (χ1n) is 7.20. The third-order valence-electron chi connectivity index (χ3n) is 4.21. The zero-order valence-corrected chi connectivity index (χ0v) is 12.6. The van der Waals surface area contributed by atoms with Crippen molar-refractivity contribution in [3.8, 4) is 0 Å². The summed E-state index contributed by atoms with van der Waals surface area (Å²) >= 11 is 1.82. The van der Waals surface area contributed by atoms with Crippen molar-refractivity contribution in [1.82, 2.24) is 4.90 Å². The molecule has 1 aliphatic rings. The molecule has 2 aromatic rings. The van der Waals surface area contributed by atoms with E-state index in [-0.39, 0.29) is 0 Å². The molecule has 1 aliphatic heterocycles. The number of fused-ring (bicyclic) bond motifs is 1. The molecule has 1 fully saturated rings. The van der Waals surface area contributed by atoms with E-state index in [2.05, 4.69) is 46.6 Å². The van der Waals surface area contributed by atoms with Crippen molar-refractivity contribution in [2.45, 2.75) is 26.3 Å². The molecule has 0 bridgehead atoms. The van der Waals surface area contributed by atoms with Crippen LogP contribution in [0, 0.1) is 5.92 Å². The van der Waals surface area contributed by atoms with Crippen LogP contribution < -0.4 is 0 Å². The summed E-state index contributed by atoms with van der Waals surface area (Å²) in [5, 5.41) is 16.2. The molecule has 3 rings (SSSR count). The van der Waals surface area contributed by atoms with Crippen LogP contribution in [-0.2, 0) is 6.54 Å². The van der Waals surface area contributed by atoms with Crippen LogP contribution in [0.1, 0.15) is 25.3 Å². The van der Waals surface area contributed by atoms with E-state index in [1.807, 2.05) is 11.3 Å². The summed E-state index contributed by atoms with van der Waals surface area (Å²) in [5.41, 5.74) is 2.39. The van der Waals surface area contributed by atoms with Gasteiger partial charge in [0, 0.05) is 36.7 Å². The number of thiophene rings is 1. The Bertz CT molecular complexity index is 620. The van der Waals surface area contributed by atoms with Gasteiger partial charge in [0.25, 0.3) is 0 Å². The Hall–Kier alpha value is -1.39. The third kappa shape index (κ3) is 2.58. The predicted octanol–water partition coefficient (Wildman–Crippen LogP) is 3.96. The third-order valence-corrected chi connectivity index (χ3v) is 5.22. The van der Waals surface area contributed by atoms with Crippen molar-refractivity contribution in [2.24, 2.45) is 11.1 Å². The second-order valence-electron chi connectivity index (χ2n) is 5.44. The van der Waals surface area contributed by atoms with Gasteiger partial charge in [-0.2, -0.15) is 0 Å². The van der Waals surface area contributed by atoms with E-state index in [1.165, 1.54) is 15.6 Å². The summed E-state index contributed by atoms with van der Waals surface area (Å²) in [4.78, 5) is 2.48. The maximum Gasteiger partial charge on any atom is 0.0627 e. The number of likely N-dealkylation sites (tertiary alicyclic amines) is 1. The molecule has 1 aromatic heterocycles. The number of nitrogens with zero attached hydrogens (tertiary/aromatic N) is 2. The fraction of sp³-hybridized carbons (Fsp3) is 0.438. The Morgan fingerprint density at radius 2 is 2.25 bits per heavy atom. The van der Waals surface area contributed by atoms with E-state index in [1.54, 1.807) is 0 Å². The molecule has 4 heteroatoms. The van der Waals surface area contributed by atoms with Crippen LogP contribution >= 0.6 is 11.3 Å². The molecule has 0 radical (unpaired) electrons. The van der Waals surface area contributed by atoms with Gasteiger partial charge in [-0.3, -0.25) is 4.90 Å². The Balaban J connectivity index is 1.75. The van der Waals surface area contributed by atoms with Gasteiger partial charge in [0.15, 0.2) is 0 Å². The molecular weight excluding hydrogens is 268 g/mol. The van der Waals surface area contributed by atoms with Crippen molar-refractivity contribution >= 4 is 27.1 Å². The highest BCUT2D eigenvalue weighted by Gasteiger charge is 2.25. The van der Waals surface area contributed by atoms with Crippen molar-refractivity contribution in [3.05, 3.63) is 35.2 Å². The van der Waals surface area contributed by atoms with Gasteiger partial charge >= 0.3 is 0 Å². The first kappa shape index (κ1) is 13.6. The molecule has 1 N–H and O–H groups in total. The maximum absolute atomic E-state index is 9.05. The lowest BCUT2D eigenvalue weighted by Gasteiger charge is -2.32. The van der Waals surface area contributed by atoms with E-state index in [0.29, 0.717) is 5.92 Å². The van der Waals surface area contributed by atoms with Gasteiger partial charge in [-0.1, -0.05) is 30.3 Å². The smallest absolute Gasteiger partial charge is 0.0627 e. The van der Waals surface area contributed by atoms with Crippen LogP contribution in [0.5, 0.6) is 0 Å². The predicted molar refractivity (Wildman–Crippen MR) is 84.7 cm³/mol. The second-order valence-corrected chi connectivity index (χ2v) is 6.35. The molecule has 20 heavy (non-hydrogen) atoms. The molecule has 0 spiro atoms. The minimum Gasteiger partial charge on any atom is -0.411 e.